The summed E-state index contributed by atoms with van der Waals surface area (Å²) in [7, 11) is 0. The van der Waals surface area contributed by atoms with Gasteiger partial charge in [-0.2, -0.15) is 0 Å². The van der Waals surface area contributed by atoms with Gasteiger partial charge in [0, 0.05) is 5.57 Å². The summed E-state index contributed by atoms with van der Waals surface area (Å²) in [6, 6.07) is 0. The Labute approximate surface area is 93.7 Å². The average Bonchev–Trinajstić information content (AvgIpc) is 2.20. The molecule has 0 saturated heterocycles. The highest BCUT2D eigenvalue weighted by Crippen LogP contribution is 2.11. The first-order chi connectivity index (χ1) is 7.07. The van der Waals surface area contributed by atoms with Crippen molar-refractivity contribution in [1.82, 2.24) is 0 Å². The van der Waals surface area contributed by atoms with E-state index in [1.807, 2.05) is 0 Å². The van der Waals surface area contributed by atoms with Gasteiger partial charge in [0.05, 0.1) is 6.61 Å². The van der Waals surface area contributed by atoms with Crippen LogP contribution in [0.4, 0.5) is 0 Å². The van der Waals surface area contributed by atoms with Crippen LogP contribution in [0.15, 0.2) is 12.2 Å². The lowest BCUT2D eigenvalue weighted by molar-refractivity contribution is -0.140. The van der Waals surface area contributed by atoms with Gasteiger partial charge in [-0.1, -0.05) is 46.1 Å². The lowest BCUT2D eigenvalue weighted by atomic mass is 10.0. The molecule has 0 aliphatic rings. The van der Waals surface area contributed by atoms with Gasteiger partial charge in [0.1, 0.15) is 0 Å². The molecule has 0 aromatic heterocycles. The summed E-state index contributed by atoms with van der Waals surface area (Å²) >= 11 is 0. The second-order valence-corrected chi connectivity index (χ2v) is 4.33. The minimum atomic E-state index is -0.268. The van der Waals surface area contributed by atoms with Gasteiger partial charge in [-0.15, -0.1) is 0 Å². The third-order valence-electron chi connectivity index (χ3n) is 2.40. The third kappa shape index (κ3) is 8.22. The molecular formula is C13H24O2. The lowest BCUT2D eigenvalue weighted by Crippen LogP contribution is -2.12. The zero-order valence-electron chi connectivity index (χ0n) is 10.3. The second kappa shape index (κ2) is 8.51. The Morgan fingerprint density at radius 3 is 2.53 bits per heavy atom. The SMILES string of the molecule is C=C(C)C(=O)OCC(C)CCCCCC. The van der Waals surface area contributed by atoms with Crippen molar-refractivity contribution in [2.24, 2.45) is 5.92 Å². The molecule has 0 amide bonds. The Balaban J connectivity index is 3.44. The van der Waals surface area contributed by atoms with Gasteiger partial charge >= 0.3 is 5.97 Å². The van der Waals surface area contributed by atoms with Crippen LogP contribution in [0.5, 0.6) is 0 Å². The van der Waals surface area contributed by atoms with E-state index in [0.717, 1.165) is 6.42 Å². The van der Waals surface area contributed by atoms with Crippen LogP contribution in [-0.2, 0) is 9.53 Å². The normalized spacial score (nSPS) is 12.2. The number of unbranched alkanes of at least 4 members (excludes halogenated alkanes) is 3. The zero-order valence-corrected chi connectivity index (χ0v) is 10.3. The summed E-state index contributed by atoms with van der Waals surface area (Å²) in [6.45, 7) is 10.1. The molecule has 0 heterocycles. The summed E-state index contributed by atoms with van der Waals surface area (Å²) in [5.41, 5.74) is 0.480. The molecule has 0 aliphatic carbocycles. The summed E-state index contributed by atoms with van der Waals surface area (Å²) < 4.78 is 5.08. The Kier molecular flexibility index (Phi) is 8.06. The fourth-order valence-electron chi connectivity index (χ4n) is 1.34. The topological polar surface area (TPSA) is 26.3 Å². The highest BCUT2D eigenvalue weighted by Gasteiger charge is 2.07. The van der Waals surface area contributed by atoms with Crippen LogP contribution in [0.2, 0.25) is 0 Å². The van der Waals surface area contributed by atoms with Gasteiger partial charge in [0.2, 0.25) is 0 Å². The van der Waals surface area contributed by atoms with E-state index in [0.29, 0.717) is 18.1 Å². The number of hydrogen-bond donors (Lipinski definition) is 0. The van der Waals surface area contributed by atoms with Crippen molar-refractivity contribution >= 4 is 5.97 Å². The molecule has 88 valence electrons. The maximum atomic E-state index is 11.1. The monoisotopic (exact) mass is 212 g/mol. The minimum absolute atomic E-state index is 0.268. The third-order valence-corrected chi connectivity index (χ3v) is 2.40. The van der Waals surface area contributed by atoms with Crippen LogP contribution in [0, 0.1) is 5.92 Å². The van der Waals surface area contributed by atoms with Crippen LogP contribution in [0.3, 0.4) is 0 Å². The molecule has 15 heavy (non-hydrogen) atoms. The molecule has 0 N–H and O–H groups in total. The number of carbonyl (C=O) groups is 1. The molecule has 2 nitrogen and oxygen atoms in total. The first-order valence-electron chi connectivity index (χ1n) is 5.90. The van der Waals surface area contributed by atoms with Crippen molar-refractivity contribution in [2.75, 3.05) is 6.61 Å². The Hall–Kier alpha value is -0.790. The van der Waals surface area contributed by atoms with Crippen molar-refractivity contribution in [3.05, 3.63) is 12.2 Å². The second-order valence-electron chi connectivity index (χ2n) is 4.33. The van der Waals surface area contributed by atoms with E-state index in [1.165, 1.54) is 25.7 Å². The summed E-state index contributed by atoms with van der Waals surface area (Å²) in [5, 5.41) is 0. The number of hydrogen-bond acceptors (Lipinski definition) is 2. The largest absolute Gasteiger partial charge is 0.462 e. The molecule has 0 aromatic rings. The van der Waals surface area contributed by atoms with Crippen molar-refractivity contribution < 1.29 is 9.53 Å². The van der Waals surface area contributed by atoms with Gasteiger partial charge in [0.15, 0.2) is 0 Å². The quantitative estimate of drug-likeness (QED) is 0.348. The molecule has 0 bridgehead atoms. The number of rotatable bonds is 8. The molecule has 0 aromatic carbocycles. The first-order valence-corrected chi connectivity index (χ1v) is 5.90. The Morgan fingerprint density at radius 1 is 1.33 bits per heavy atom. The molecule has 1 atom stereocenters. The van der Waals surface area contributed by atoms with Gasteiger partial charge in [-0.3, -0.25) is 0 Å². The van der Waals surface area contributed by atoms with Crippen LogP contribution >= 0.6 is 0 Å². The summed E-state index contributed by atoms with van der Waals surface area (Å²) in [5.74, 6) is 0.195. The zero-order chi connectivity index (χ0) is 11.7. The molecule has 2 heteroatoms. The molecular weight excluding hydrogens is 188 g/mol. The van der Waals surface area contributed by atoms with Crippen LogP contribution < -0.4 is 0 Å². The number of ether oxygens (including phenoxy) is 1. The van der Waals surface area contributed by atoms with Crippen LogP contribution in [0.25, 0.3) is 0 Å². The van der Waals surface area contributed by atoms with E-state index in [4.69, 9.17) is 4.74 Å². The fourth-order valence-corrected chi connectivity index (χ4v) is 1.34. The van der Waals surface area contributed by atoms with Crippen molar-refractivity contribution in [2.45, 2.75) is 52.9 Å². The van der Waals surface area contributed by atoms with Gasteiger partial charge < -0.3 is 4.74 Å². The maximum Gasteiger partial charge on any atom is 0.333 e. The van der Waals surface area contributed by atoms with E-state index in [2.05, 4.69) is 20.4 Å². The van der Waals surface area contributed by atoms with E-state index >= 15 is 0 Å². The Morgan fingerprint density at radius 2 is 2.00 bits per heavy atom. The number of esters is 1. The smallest absolute Gasteiger partial charge is 0.333 e. The maximum absolute atomic E-state index is 11.1. The highest BCUT2D eigenvalue weighted by atomic mass is 16.5. The first kappa shape index (κ1) is 14.2. The minimum Gasteiger partial charge on any atom is -0.462 e. The molecule has 0 rings (SSSR count). The Bertz CT molecular complexity index is 197. The van der Waals surface area contributed by atoms with Crippen molar-refractivity contribution in [3.63, 3.8) is 0 Å². The van der Waals surface area contributed by atoms with E-state index in [9.17, 15) is 4.79 Å². The number of carbonyl (C=O) groups excluding carboxylic acids is 1. The molecule has 1 unspecified atom stereocenters. The van der Waals surface area contributed by atoms with Crippen LogP contribution in [-0.4, -0.2) is 12.6 Å². The average molecular weight is 212 g/mol. The van der Waals surface area contributed by atoms with E-state index in [1.54, 1.807) is 6.92 Å². The molecule has 0 radical (unpaired) electrons. The lowest BCUT2D eigenvalue weighted by Gasteiger charge is -2.11. The summed E-state index contributed by atoms with van der Waals surface area (Å²) in [6.07, 6.45) is 6.23. The molecule has 0 fully saturated rings. The molecule has 0 saturated carbocycles. The van der Waals surface area contributed by atoms with Gasteiger partial charge in [-0.25, -0.2) is 4.79 Å². The van der Waals surface area contributed by atoms with E-state index < -0.39 is 0 Å². The standard InChI is InChI=1S/C13H24O2/c1-5-6-7-8-9-12(4)10-15-13(14)11(2)3/h12H,2,5-10H2,1,3-4H3. The van der Waals surface area contributed by atoms with Crippen LogP contribution in [0.1, 0.15) is 52.9 Å². The van der Waals surface area contributed by atoms with Crippen molar-refractivity contribution in [3.8, 4) is 0 Å². The highest BCUT2D eigenvalue weighted by molar-refractivity contribution is 5.86. The van der Waals surface area contributed by atoms with Gasteiger partial charge in [-0.05, 0) is 19.3 Å². The predicted octanol–water partition coefficient (Wildman–Crippen LogP) is 3.71. The van der Waals surface area contributed by atoms with E-state index in [-0.39, 0.29) is 5.97 Å². The molecule has 0 spiro atoms. The summed E-state index contributed by atoms with van der Waals surface area (Å²) in [4.78, 5) is 11.1. The van der Waals surface area contributed by atoms with Crippen molar-refractivity contribution in [1.29, 1.82) is 0 Å². The fraction of sp³-hybridized carbons (Fsp3) is 0.769. The van der Waals surface area contributed by atoms with Gasteiger partial charge in [0.25, 0.3) is 0 Å². The molecule has 0 aliphatic heterocycles. The predicted molar refractivity (Wildman–Crippen MR) is 63.7 cm³/mol.